The van der Waals surface area contributed by atoms with E-state index < -0.39 is 0 Å². The average molecular weight is 258 g/mol. The molecule has 0 aliphatic heterocycles. The molecule has 1 aromatic heterocycles. The predicted molar refractivity (Wildman–Crippen MR) is 78.2 cm³/mol. The molecule has 2 aromatic rings. The number of aromatic amines is 1. The van der Waals surface area contributed by atoms with Crippen LogP contribution in [0.25, 0.3) is 10.9 Å². The van der Waals surface area contributed by atoms with Gasteiger partial charge < -0.3 is 15.0 Å². The highest BCUT2D eigenvalue weighted by Gasteiger charge is 2.41. The summed E-state index contributed by atoms with van der Waals surface area (Å²) < 4.78 is 5.19. The number of H-pyrrole nitrogens is 1. The number of methoxy groups -OCH3 is 1. The van der Waals surface area contributed by atoms with E-state index in [1.165, 1.54) is 35.7 Å². The lowest BCUT2D eigenvalue weighted by Crippen LogP contribution is -2.24. The van der Waals surface area contributed by atoms with Crippen molar-refractivity contribution in [2.75, 3.05) is 20.3 Å². The molecule has 0 radical (unpaired) electrons. The van der Waals surface area contributed by atoms with Gasteiger partial charge in [0.2, 0.25) is 0 Å². The Hall–Kier alpha value is -1.32. The summed E-state index contributed by atoms with van der Waals surface area (Å²) in [7, 11) is 1.79. The summed E-state index contributed by atoms with van der Waals surface area (Å²) in [6.45, 7) is 2.93. The molecule has 1 heterocycles. The highest BCUT2D eigenvalue weighted by atomic mass is 16.5. The van der Waals surface area contributed by atoms with Crippen LogP contribution in [0.3, 0.4) is 0 Å². The fourth-order valence-corrected chi connectivity index (χ4v) is 2.75. The van der Waals surface area contributed by atoms with Crippen LogP contribution in [0.5, 0.6) is 0 Å². The lowest BCUT2D eigenvalue weighted by Gasteiger charge is -2.15. The van der Waals surface area contributed by atoms with Crippen LogP contribution in [0.15, 0.2) is 30.5 Å². The largest absolute Gasteiger partial charge is 0.385 e. The Morgan fingerprint density at radius 1 is 1.32 bits per heavy atom. The number of nitrogens with one attached hydrogen (secondary N) is 2. The Morgan fingerprint density at radius 2 is 2.16 bits per heavy atom. The van der Waals surface area contributed by atoms with Gasteiger partial charge >= 0.3 is 0 Å². The second kappa shape index (κ2) is 5.35. The van der Waals surface area contributed by atoms with Crippen molar-refractivity contribution in [3.05, 3.63) is 36.0 Å². The van der Waals surface area contributed by atoms with Crippen LogP contribution in [0, 0.1) is 5.41 Å². The van der Waals surface area contributed by atoms with Crippen LogP contribution in [-0.4, -0.2) is 25.2 Å². The molecule has 2 N–H and O–H groups in total. The second-order valence-corrected chi connectivity index (χ2v) is 5.71. The fraction of sp³-hybridized carbons (Fsp3) is 0.500. The van der Waals surface area contributed by atoms with E-state index in [1.807, 2.05) is 0 Å². The van der Waals surface area contributed by atoms with E-state index in [0.717, 1.165) is 19.7 Å². The summed E-state index contributed by atoms with van der Waals surface area (Å²) in [5.74, 6) is 0. The fourth-order valence-electron chi connectivity index (χ4n) is 2.75. The van der Waals surface area contributed by atoms with E-state index in [2.05, 4.69) is 40.8 Å². The van der Waals surface area contributed by atoms with Crippen molar-refractivity contribution in [2.24, 2.45) is 5.41 Å². The van der Waals surface area contributed by atoms with E-state index in [4.69, 9.17) is 4.74 Å². The van der Waals surface area contributed by atoms with Gasteiger partial charge in [0.05, 0.1) is 0 Å². The zero-order chi connectivity index (χ0) is 13.1. The molecule has 19 heavy (non-hydrogen) atoms. The van der Waals surface area contributed by atoms with Crippen molar-refractivity contribution in [2.45, 2.75) is 25.8 Å². The molecule has 0 unspecified atom stereocenters. The lowest BCUT2D eigenvalue weighted by atomic mass is 10.0. The normalized spacial score (nSPS) is 16.9. The zero-order valence-corrected chi connectivity index (χ0v) is 11.5. The van der Waals surface area contributed by atoms with Crippen LogP contribution in [0.4, 0.5) is 0 Å². The van der Waals surface area contributed by atoms with Gasteiger partial charge in [-0.1, -0.05) is 18.2 Å². The standard InChI is InChI=1S/C16H22N2O/c1-19-9-8-16(6-7-16)12-17-10-13-11-18-15-5-3-2-4-14(13)15/h2-5,11,17-18H,6-10,12H2,1H3. The van der Waals surface area contributed by atoms with Crippen LogP contribution in [0.1, 0.15) is 24.8 Å². The molecular weight excluding hydrogens is 236 g/mol. The maximum Gasteiger partial charge on any atom is 0.0468 e. The van der Waals surface area contributed by atoms with Gasteiger partial charge in [0.15, 0.2) is 0 Å². The third kappa shape index (κ3) is 2.82. The van der Waals surface area contributed by atoms with Crippen LogP contribution in [-0.2, 0) is 11.3 Å². The lowest BCUT2D eigenvalue weighted by molar-refractivity contribution is 0.171. The number of ether oxygens (including phenoxy) is 1. The highest BCUT2D eigenvalue weighted by Crippen LogP contribution is 2.48. The Balaban J connectivity index is 1.55. The molecule has 1 fully saturated rings. The van der Waals surface area contributed by atoms with E-state index in [9.17, 15) is 0 Å². The van der Waals surface area contributed by atoms with Crippen LogP contribution < -0.4 is 5.32 Å². The Kier molecular flexibility index (Phi) is 3.58. The van der Waals surface area contributed by atoms with Crippen molar-refractivity contribution < 1.29 is 4.74 Å². The molecule has 3 rings (SSSR count). The number of aromatic nitrogens is 1. The summed E-state index contributed by atoms with van der Waals surface area (Å²) in [6, 6.07) is 8.47. The average Bonchev–Trinajstić information content (AvgIpc) is 3.10. The smallest absolute Gasteiger partial charge is 0.0468 e. The Labute approximate surface area is 114 Å². The minimum absolute atomic E-state index is 0.516. The zero-order valence-electron chi connectivity index (χ0n) is 11.5. The first-order valence-electron chi connectivity index (χ1n) is 7.08. The molecule has 1 aliphatic rings. The van der Waals surface area contributed by atoms with E-state index in [-0.39, 0.29) is 0 Å². The summed E-state index contributed by atoms with van der Waals surface area (Å²) in [5, 5.41) is 4.95. The van der Waals surface area contributed by atoms with Gasteiger partial charge in [0.25, 0.3) is 0 Å². The quantitative estimate of drug-likeness (QED) is 0.801. The van der Waals surface area contributed by atoms with Crippen LogP contribution >= 0.6 is 0 Å². The minimum Gasteiger partial charge on any atom is -0.385 e. The van der Waals surface area contributed by atoms with Gasteiger partial charge in [-0.15, -0.1) is 0 Å². The third-order valence-electron chi connectivity index (χ3n) is 4.28. The van der Waals surface area contributed by atoms with Crippen molar-refractivity contribution in [3.8, 4) is 0 Å². The molecule has 3 heteroatoms. The summed E-state index contributed by atoms with van der Waals surface area (Å²) in [6.07, 6.45) is 5.99. The highest BCUT2D eigenvalue weighted by molar-refractivity contribution is 5.82. The molecule has 102 valence electrons. The summed E-state index contributed by atoms with van der Waals surface area (Å²) >= 11 is 0. The first-order chi connectivity index (χ1) is 9.33. The molecule has 0 atom stereocenters. The SMILES string of the molecule is COCCC1(CNCc2c[nH]c3ccccc23)CC1. The van der Waals surface area contributed by atoms with Gasteiger partial charge in [0.1, 0.15) is 0 Å². The number of rotatable bonds is 7. The number of para-hydroxylation sites is 1. The van der Waals surface area contributed by atoms with Gasteiger partial charge in [-0.25, -0.2) is 0 Å². The molecule has 0 saturated heterocycles. The van der Waals surface area contributed by atoms with Crippen molar-refractivity contribution in [1.82, 2.24) is 10.3 Å². The van der Waals surface area contributed by atoms with Crippen molar-refractivity contribution >= 4 is 10.9 Å². The molecule has 3 nitrogen and oxygen atoms in total. The van der Waals surface area contributed by atoms with Gasteiger partial charge in [-0.3, -0.25) is 0 Å². The molecule has 0 bridgehead atoms. The molecule has 0 amide bonds. The predicted octanol–water partition coefficient (Wildman–Crippen LogP) is 3.07. The van der Waals surface area contributed by atoms with E-state index in [1.54, 1.807) is 7.11 Å². The van der Waals surface area contributed by atoms with E-state index in [0.29, 0.717) is 5.41 Å². The Bertz CT molecular complexity index is 542. The third-order valence-corrected chi connectivity index (χ3v) is 4.28. The number of hydrogen-bond donors (Lipinski definition) is 2. The molecule has 0 spiro atoms. The molecule has 1 aromatic carbocycles. The minimum atomic E-state index is 0.516. The number of benzene rings is 1. The van der Waals surface area contributed by atoms with Gasteiger partial charge in [0, 0.05) is 43.9 Å². The topological polar surface area (TPSA) is 37.0 Å². The first kappa shape index (κ1) is 12.7. The number of fused-ring (bicyclic) bond motifs is 1. The summed E-state index contributed by atoms with van der Waals surface area (Å²) in [5.41, 5.74) is 3.10. The number of hydrogen-bond acceptors (Lipinski definition) is 2. The molecular formula is C16H22N2O. The Morgan fingerprint density at radius 3 is 2.95 bits per heavy atom. The second-order valence-electron chi connectivity index (χ2n) is 5.71. The first-order valence-corrected chi connectivity index (χ1v) is 7.08. The van der Waals surface area contributed by atoms with E-state index >= 15 is 0 Å². The van der Waals surface area contributed by atoms with Gasteiger partial charge in [-0.05, 0) is 36.3 Å². The van der Waals surface area contributed by atoms with Crippen molar-refractivity contribution in [3.63, 3.8) is 0 Å². The maximum absolute atomic E-state index is 5.19. The van der Waals surface area contributed by atoms with Gasteiger partial charge in [-0.2, -0.15) is 0 Å². The summed E-state index contributed by atoms with van der Waals surface area (Å²) in [4.78, 5) is 3.33. The monoisotopic (exact) mass is 258 g/mol. The maximum atomic E-state index is 5.19. The van der Waals surface area contributed by atoms with Crippen molar-refractivity contribution in [1.29, 1.82) is 0 Å². The molecule has 1 aliphatic carbocycles. The van der Waals surface area contributed by atoms with Crippen LogP contribution in [0.2, 0.25) is 0 Å². The molecule has 1 saturated carbocycles.